The van der Waals surface area contributed by atoms with E-state index in [0.717, 1.165) is 13.0 Å². The lowest BCUT2D eigenvalue weighted by Gasteiger charge is -2.16. The van der Waals surface area contributed by atoms with Crippen LogP contribution in [0.4, 0.5) is 0 Å². The average Bonchev–Trinajstić information content (AvgIpc) is 2.14. The van der Waals surface area contributed by atoms with Crippen LogP contribution in [0, 0.1) is 5.92 Å². The molecule has 0 aromatic carbocycles. The van der Waals surface area contributed by atoms with Crippen molar-refractivity contribution in [3.63, 3.8) is 0 Å². The van der Waals surface area contributed by atoms with E-state index >= 15 is 0 Å². The number of nitrogens with zero attached hydrogens (tertiary/aromatic N) is 1. The third kappa shape index (κ3) is 6.71. The Morgan fingerprint density at radius 1 is 1.50 bits per heavy atom. The van der Waals surface area contributed by atoms with E-state index in [1.54, 1.807) is 0 Å². The summed E-state index contributed by atoms with van der Waals surface area (Å²) in [6, 6.07) is 0.232. The smallest absolute Gasteiger partial charge is 0.188 e. The highest BCUT2D eigenvalue weighted by molar-refractivity contribution is 5.78. The predicted octanol–water partition coefficient (Wildman–Crippen LogP) is 0.708. The van der Waals surface area contributed by atoms with E-state index in [4.69, 9.17) is 10.8 Å². The first-order valence-corrected chi connectivity index (χ1v) is 5.27. The van der Waals surface area contributed by atoms with Crippen LogP contribution in [0.25, 0.3) is 0 Å². The van der Waals surface area contributed by atoms with E-state index in [2.05, 4.69) is 31.1 Å². The van der Waals surface area contributed by atoms with Crippen molar-refractivity contribution in [3.05, 3.63) is 0 Å². The lowest BCUT2D eigenvalue weighted by molar-refractivity contribution is 0.269. The normalized spacial score (nSPS) is 14.5. The van der Waals surface area contributed by atoms with Crippen LogP contribution in [-0.2, 0) is 0 Å². The Hall–Kier alpha value is -0.770. The van der Waals surface area contributed by atoms with Crippen molar-refractivity contribution in [2.45, 2.75) is 39.7 Å². The van der Waals surface area contributed by atoms with Gasteiger partial charge in [-0.25, -0.2) is 0 Å². The number of aliphatic hydroxyl groups is 1. The molecule has 0 aliphatic heterocycles. The van der Waals surface area contributed by atoms with Gasteiger partial charge in [-0.15, -0.1) is 0 Å². The van der Waals surface area contributed by atoms with Crippen molar-refractivity contribution >= 4 is 5.96 Å². The van der Waals surface area contributed by atoms with Gasteiger partial charge < -0.3 is 16.2 Å². The molecule has 0 aromatic rings. The summed E-state index contributed by atoms with van der Waals surface area (Å²) in [5.74, 6) is 1.01. The number of hydrogen-bond acceptors (Lipinski definition) is 2. The van der Waals surface area contributed by atoms with E-state index < -0.39 is 0 Å². The Bertz CT molecular complexity index is 169. The van der Waals surface area contributed by atoms with E-state index in [-0.39, 0.29) is 12.6 Å². The second-order valence-electron chi connectivity index (χ2n) is 3.88. The first kappa shape index (κ1) is 13.2. The van der Waals surface area contributed by atoms with Gasteiger partial charge in [-0.2, -0.15) is 0 Å². The molecular weight excluding hydrogens is 178 g/mol. The van der Waals surface area contributed by atoms with Crippen LogP contribution in [-0.4, -0.2) is 30.3 Å². The number of hydrogen-bond donors (Lipinski definition) is 3. The second kappa shape index (κ2) is 7.62. The average molecular weight is 201 g/mol. The van der Waals surface area contributed by atoms with Crippen molar-refractivity contribution in [1.29, 1.82) is 0 Å². The molecule has 4 N–H and O–H groups in total. The number of guanidine groups is 1. The molecule has 1 unspecified atom stereocenters. The number of nitrogens with two attached hydrogens (primary N) is 1. The minimum Gasteiger partial charge on any atom is -0.396 e. The zero-order valence-electron chi connectivity index (χ0n) is 9.45. The highest BCUT2D eigenvalue weighted by Gasteiger charge is 2.05. The summed E-state index contributed by atoms with van der Waals surface area (Å²) in [5, 5.41) is 11.9. The summed E-state index contributed by atoms with van der Waals surface area (Å²) in [5.41, 5.74) is 5.69. The van der Waals surface area contributed by atoms with E-state index in [0.29, 0.717) is 18.3 Å². The summed E-state index contributed by atoms with van der Waals surface area (Å²) in [6.45, 7) is 7.18. The van der Waals surface area contributed by atoms with Gasteiger partial charge in [0.05, 0.1) is 0 Å². The van der Waals surface area contributed by atoms with Crippen molar-refractivity contribution in [3.8, 4) is 0 Å². The molecule has 4 heteroatoms. The molecular formula is C10H23N3O. The highest BCUT2D eigenvalue weighted by atomic mass is 16.3. The third-order valence-electron chi connectivity index (χ3n) is 1.95. The van der Waals surface area contributed by atoms with Crippen LogP contribution in [0.2, 0.25) is 0 Å². The van der Waals surface area contributed by atoms with E-state index in [1.807, 2.05) is 0 Å². The lowest BCUT2D eigenvalue weighted by atomic mass is 10.2. The summed E-state index contributed by atoms with van der Waals surface area (Å²) >= 11 is 0. The Kier molecular flexibility index (Phi) is 7.20. The van der Waals surface area contributed by atoms with Gasteiger partial charge in [0, 0.05) is 19.2 Å². The molecule has 0 fully saturated rings. The van der Waals surface area contributed by atoms with Gasteiger partial charge in [0.1, 0.15) is 0 Å². The molecule has 0 saturated heterocycles. The minimum atomic E-state index is 0.183. The van der Waals surface area contributed by atoms with Crippen molar-refractivity contribution in [2.75, 3.05) is 13.2 Å². The molecule has 0 amide bonds. The predicted molar refractivity (Wildman–Crippen MR) is 60.2 cm³/mol. The van der Waals surface area contributed by atoms with E-state index in [9.17, 15) is 0 Å². The molecule has 0 aliphatic rings. The van der Waals surface area contributed by atoms with Crippen molar-refractivity contribution in [1.82, 2.24) is 5.32 Å². The minimum absolute atomic E-state index is 0.183. The molecule has 84 valence electrons. The first-order valence-electron chi connectivity index (χ1n) is 5.27. The SMILES string of the molecule is CCC(CCO)NC(N)=NCC(C)C. The molecule has 0 spiro atoms. The monoisotopic (exact) mass is 201 g/mol. The Balaban J connectivity index is 3.87. The maximum Gasteiger partial charge on any atom is 0.188 e. The Labute approximate surface area is 86.6 Å². The Morgan fingerprint density at radius 3 is 2.57 bits per heavy atom. The van der Waals surface area contributed by atoms with Crippen LogP contribution < -0.4 is 11.1 Å². The van der Waals surface area contributed by atoms with Crippen LogP contribution in [0.3, 0.4) is 0 Å². The molecule has 0 radical (unpaired) electrons. The van der Waals surface area contributed by atoms with Crippen LogP contribution in [0.5, 0.6) is 0 Å². The van der Waals surface area contributed by atoms with Gasteiger partial charge >= 0.3 is 0 Å². The van der Waals surface area contributed by atoms with E-state index in [1.165, 1.54) is 0 Å². The molecule has 1 atom stereocenters. The van der Waals surface area contributed by atoms with Gasteiger partial charge in [0.15, 0.2) is 5.96 Å². The first-order chi connectivity index (χ1) is 6.60. The fourth-order valence-corrected chi connectivity index (χ4v) is 1.07. The molecule has 0 aliphatic carbocycles. The summed E-state index contributed by atoms with van der Waals surface area (Å²) < 4.78 is 0. The molecule has 0 aromatic heterocycles. The van der Waals surface area contributed by atoms with Gasteiger partial charge in [-0.05, 0) is 18.8 Å². The van der Waals surface area contributed by atoms with Crippen LogP contribution in [0.15, 0.2) is 4.99 Å². The molecule has 14 heavy (non-hydrogen) atoms. The van der Waals surface area contributed by atoms with Gasteiger partial charge in [0.25, 0.3) is 0 Å². The fourth-order valence-electron chi connectivity index (χ4n) is 1.07. The third-order valence-corrected chi connectivity index (χ3v) is 1.95. The topological polar surface area (TPSA) is 70.6 Å². The summed E-state index contributed by atoms with van der Waals surface area (Å²) in [7, 11) is 0. The molecule has 0 rings (SSSR count). The zero-order chi connectivity index (χ0) is 11.0. The molecule has 0 heterocycles. The largest absolute Gasteiger partial charge is 0.396 e. The summed E-state index contributed by atoms with van der Waals surface area (Å²) in [6.07, 6.45) is 1.66. The lowest BCUT2D eigenvalue weighted by Crippen LogP contribution is -2.40. The maximum atomic E-state index is 8.78. The fraction of sp³-hybridized carbons (Fsp3) is 0.900. The van der Waals surface area contributed by atoms with Gasteiger partial charge in [0.2, 0.25) is 0 Å². The number of rotatable bonds is 6. The Morgan fingerprint density at radius 2 is 2.14 bits per heavy atom. The zero-order valence-corrected chi connectivity index (χ0v) is 9.45. The summed E-state index contributed by atoms with van der Waals surface area (Å²) in [4.78, 5) is 4.20. The van der Waals surface area contributed by atoms with Crippen molar-refractivity contribution in [2.24, 2.45) is 16.6 Å². The molecule has 0 bridgehead atoms. The van der Waals surface area contributed by atoms with Crippen LogP contribution in [0.1, 0.15) is 33.6 Å². The number of aliphatic imine (C=N–C) groups is 1. The standard InChI is InChI=1S/C10H23N3O/c1-4-9(5-6-14)13-10(11)12-7-8(2)3/h8-9,14H,4-7H2,1-3H3,(H3,11,12,13). The molecule has 4 nitrogen and oxygen atoms in total. The number of nitrogens with one attached hydrogen (secondary N) is 1. The van der Waals surface area contributed by atoms with Gasteiger partial charge in [-0.1, -0.05) is 20.8 Å². The second-order valence-corrected chi connectivity index (χ2v) is 3.88. The maximum absolute atomic E-state index is 8.78. The highest BCUT2D eigenvalue weighted by Crippen LogP contribution is 1.96. The quantitative estimate of drug-likeness (QED) is 0.438. The van der Waals surface area contributed by atoms with Crippen molar-refractivity contribution < 1.29 is 5.11 Å². The molecule has 0 saturated carbocycles. The van der Waals surface area contributed by atoms with Crippen LogP contribution >= 0.6 is 0 Å². The van der Waals surface area contributed by atoms with Gasteiger partial charge in [-0.3, -0.25) is 4.99 Å². The number of aliphatic hydroxyl groups excluding tert-OH is 1.